The van der Waals surface area contributed by atoms with Gasteiger partial charge in [0.2, 0.25) is 11.8 Å². The molecule has 1 aliphatic heterocycles. The molecule has 2 aromatic carbocycles. The Kier molecular flexibility index (Phi) is 8.61. The van der Waals surface area contributed by atoms with Gasteiger partial charge in [-0.15, -0.1) is 0 Å². The summed E-state index contributed by atoms with van der Waals surface area (Å²) in [6.07, 6.45) is 1.23. The zero-order valence-electron chi connectivity index (χ0n) is 19.7. The van der Waals surface area contributed by atoms with Crippen molar-refractivity contribution >= 4 is 39.6 Å². The van der Waals surface area contributed by atoms with Crippen LogP contribution in [0.2, 0.25) is 0 Å². The first kappa shape index (κ1) is 25.6. The van der Waals surface area contributed by atoms with Gasteiger partial charge in [-0.3, -0.25) is 24.1 Å². The van der Waals surface area contributed by atoms with E-state index < -0.39 is 6.04 Å². The van der Waals surface area contributed by atoms with Crippen LogP contribution in [-0.4, -0.2) is 52.1 Å². The molecule has 1 heterocycles. The van der Waals surface area contributed by atoms with Gasteiger partial charge in [-0.2, -0.15) is 0 Å². The van der Waals surface area contributed by atoms with Crippen molar-refractivity contribution < 1.29 is 19.2 Å². The number of rotatable bonds is 10. The maximum absolute atomic E-state index is 13.2. The predicted molar refractivity (Wildman–Crippen MR) is 133 cm³/mol. The predicted octanol–water partition coefficient (Wildman–Crippen LogP) is 4.16. The molecule has 1 aliphatic rings. The molecule has 7 nitrogen and oxygen atoms in total. The molecule has 0 spiro atoms. The Bertz CT molecular complexity index is 1030. The van der Waals surface area contributed by atoms with Gasteiger partial charge in [0.05, 0.1) is 11.1 Å². The fourth-order valence-corrected chi connectivity index (χ4v) is 4.07. The first-order valence-electron chi connectivity index (χ1n) is 11.5. The molecule has 2 atom stereocenters. The zero-order chi connectivity index (χ0) is 24.8. The highest BCUT2D eigenvalue weighted by Crippen LogP contribution is 2.23. The highest BCUT2D eigenvalue weighted by atomic mass is 79.9. The second-order valence-electron chi connectivity index (χ2n) is 8.55. The molecule has 34 heavy (non-hydrogen) atoms. The second kappa shape index (κ2) is 11.4. The molecule has 8 heteroatoms. The molecule has 4 amide bonds. The number of amides is 4. The van der Waals surface area contributed by atoms with E-state index in [9.17, 15) is 19.2 Å². The Morgan fingerprint density at radius 3 is 2.15 bits per heavy atom. The summed E-state index contributed by atoms with van der Waals surface area (Å²) in [4.78, 5) is 53.9. The van der Waals surface area contributed by atoms with Gasteiger partial charge in [0, 0.05) is 30.0 Å². The van der Waals surface area contributed by atoms with Crippen LogP contribution in [-0.2, 0) is 16.1 Å². The third kappa shape index (κ3) is 5.91. The Morgan fingerprint density at radius 2 is 1.59 bits per heavy atom. The van der Waals surface area contributed by atoms with E-state index in [1.807, 2.05) is 38.1 Å². The Morgan fingerprint density at radius 1 is 1.00 bits per heavy atom. The van der Waals surface area contributed by atoms with Crippen LogP contribution in [0.3, 0.4) is 0 Å². The molecule has 0 aliphatic carbocycles. The van der Waals surface area contributed by atoms with Crippen molar-refractivity contribution in [3.05, 3.63) is 69.7 Å². The van der Waals surface area contributed by atoms with Gasteiger partial charge in [-0.05, 0) is 56.5 Å². The lowest BCUT2D eigenvalue weighted by Gasteiger charge is -2.30. The average Bonchev–Trinajstić information content (AvgIpc) is 3.08. The summed E-state index contributed by atoms with van der Waals surface area (Å²) >= 11 is 3.41. The summed E-state index contributed by atoms with van der Waals surface area (Å²) in [7, 11) is 0. The van der Waals surface area contributed by atoms with Crippen molar-refractivity contribution in [3.8, 4) is 0 Å². The van der Waals surface area contributed by atoms with E-state index in [1.54, 1.807) is 36.1 Å². The van der Waals surface area contributed by atoms with Crippen LogP contribution in [0.1, 0.15) is 66.3 Å². The number of imide groups is 1. The highest BCUT2D eigenvalue weighted by molar-refractivity contribution is 9.10. The third-order valence-electron chi connectivity index (χ3n) is 6.09. The molecule has 2 aromatic rings. The first-order chi connectivity index (χ1) is 16.2. The van der Waals surface area contributed by atoms with E-state index in [4.69, 9.17) is 0 Å². The lowest BCUT2D eigenvalue weighted by atomic mass is 10.1. The number of halogens is 1. The van der Waals surface area contributed by atoms with Crippen molar-refractivity contribution in [2.24, 2.45) is 0 Å². The standard InChI is InChI=1S/C26H30BrN3O4/c1-4-17(2)28-24(32)18(3)30(16-19-11-13-20(27)14-12-19)23(31)10-7-15-29-25(33)21-8-5-6-9-22(21)26(29)34/h5-6,8-9,11-14,17-18H,4,7,10,15-16H2,1-3H3,(H,28,32). The number of nitrogens with one attached hydrogen (secondary N) is 1. The van der Waals surface area contributed by atoms with Gasteiger partial charge >= 0.3 is 0 Å². The Hall–Kier alpha value is -3.00. The van der Waals surface area contributed by atoms with Crippen LogP contribution in [0.15, 0.2) is 53.0 Å². The van der Waals surface area contributed by atoms with Crippen molar-refractivity contribution in [1.82, 2.24) is 15.1 Å². The summed E-state index contributed by atoms with van der Waals surface area (Å²) in [6.45, 7) is 6.07. The van der Waals surface area contributed by atoms with Crippen LogP contribution >= 0.6 is 15.9 Å². The summed E-state index contributed by atoms with van der Waals surface area (Å²) in [5, 5.41) is 2.94. The Balaban J connectivity index is 1.67. The van der Waals surface area contributed by atoms with E-state index in [1.165, 1.54) is 4.90 Å². The molecule has 0 saturated heterocycles. The van der Waals surface area contributed by atoms with Crippen LogP contribution in [0.25, 0.3) is 0 Å². The van der Waals surface area contributed by atoms with Crippen LogP contribution in [0.4, 0.5) is 0 Å². The van der Waals surface area contributed by atoms with Crippen LogP contribution in [0, 0.1) is 0 Å². The summed E-state index contributed by atoms with van der Waals surface area (Å²) < 4.78 is 0.928. The molecule has 0 bridgehead atoms. The number of hydrogen-bond acceptors (Lipinski definition) is 4. The quantitative estimate of drug-likeness (QED) is 0.470. The minimum Gasteiger partial charge on any atom is -0.352 e. The van der Waals surface area contributed by atoms with Gasteiger partial charge in [-0.25, -0.2) is 0 Å². The second-order valence-corrected chi connectivity index (χ2v) is 9.47. The molecule has 2 unspecified atom stereocenters. The van der Waals surface area contributed by atoms with Crippen LogP contribution in [0.5, 0.6) is 0 Å². The third-order valence-corrected chi connectivity index (χ3v) is 6.61. The molecule has 0 fully saturated rings. The van der Waals surface area contributed by atoms with E-state index in [-0.39, 0.29) is 49.2 Å². The van der Waals surface area contributed by atoms with E-state index in [0.717, 1.165) is 16.5 Å². The normalized spacial score (nSPS) is 14.5. The molecule has 1 N–H and O–H groups in total. The number of benzene rings is 2. The van der Waals surface area contributed by atoms with E-state index in [2.05, 4.69) is 21.2 Å². The van der Waals surface area contributed by atoms with Gasteiger partial charge in [0.1, 0.15) is 6.04 Å². The van der Waals surface area contributed by atoms with E-state index >= 15 is 0 Å². The highest BCUT2D eigenvalue weighted by Gasteiger charge is 2.35. The van der Waals surface area contributed by atoms with Gasteiger partial charge < -0.3 is 10.2 Å². The molecular weight excluding hydrogens is 498 g/mol. The van der Waals surface area contributed by atoms with Gasteiger partial charge in [0.25, 0.3) is 11.8 Å². The number of hydrogen-bond donors (Lipinski definition) is 1. The molecule has 180 valence electrons. The first-order valence-corrected chi connectivity index (χ1v) is 12.3. The number of nitrogens with zero attached hydrogens (tertiary/aromatic N) is 2. The maximum atomic E-state index is 13.2. The number of carbonyl (C=O) groups is 4. The molecular formula is C26H30BrN3O4. The topological polar surface area (TPSA) is 86.8 Å². The summed E-state index contributed by atoms with van der Waals surface area (Å²) in [5.74, 6) is -1.08. The number of carbonyl (C=O) groups excluding carboxylic acids is 4. The van der Waals surface area contributed by atoms with E-state index in [0.29, 0.717) is 17.5 Å². The fraction of sp³-hybridized carbons (Fsp3) is 0.385. The minimum absolute atomic E-state index is 0.00778. The summed E-state index contributed by atoms with van der Waals surface area (Å²) in [6, 6.07) is 13.7. The SMILES string of the molecule is CCC(C)NC(=O)C(C)N(Cc1ccc(Br)cc1)C(=O)CCCN1C(=O)c2ccccc2C1=O. The minimum atomic E-state index is -0.663. The summed E-state index contributed by atoms with van der Waals surface area (Å²) in [5.41, 5.74) is 1.69. The van der Waals surface area contributed by atoms with Crippen molar-refractivity contribution in [1.29, 1.82) is 0 Å². The van der Waals surface area contributed by atoms with Gasteiger partial charge in [0.15, 0.2) is 0 Å². The van der Waals surface area contributed by atoms with Gasteiger partial charge in [-0.1, -0.05) is 47.1 Å². The van der Waals surface area contributed by atoms with Crippen molar-refractivity contribution in [2.45, 2.75) is 58.7 Å². The number of fused-ring (bicyclic) bond motifs is 1. The lowest BCUT2D eigenvalue weighted by molar-refractivity contribution is -0.141. The van der Waals surface area contributed by atoms with Crippen molar-refractivity contribution in [2.75, 3.05) is 6.54 Å². The molecule has 3 rings (SSSR count). The van der Waals surface area contributed by atoms with Crippen molar-refractivity contribution in [3.63, 3.8) is 0 Å². The van der Waals surface area contributed by atoms with Crippen LogP contribution < -0.4 is 5.32 Å². The molecule has 0 aromatic heterocycles. The molecule has 0 radical (unpaired) electrons. The Labute approximate surface area is 208 Å². The lowest BCUT2D eigenvalue weighted by Crippen LogP contribution is -2.49. The monoisotopic (exact) mass is 527 g/mol. The smallest absolute Gasteiger partial charge is 0.261 e. The molecule has 0 saturated carbocycles. The zero-order valence-corrected chi connectivity index (χ0v) is 21.3. The maximum Gasteiger partial charge on any atom is 0.261 e. The fourth-order valence-electron chi connectivity index (χ4n) is 3.81. The largest absolute Gasteiger partial charge is 0.352 e. The average molecular weight is 528 g/mol.